The van der Waals surface area contributed by atoms with Crippen molar-refractivity contribution in [3.63, 3.8) is 0 Å². The Hall–Kier alpha value is -3.61. The first-order valence-electron chi connectivity index (χ1n) is 7.86. The summed E-state index contributed by atoms with van der Waals surface area (Å²) < 4.78 is 3.49. The Balaban J connectivity index is 1.73. The highest BCUT2D eigenvalue weighted by Gasteiger charge is 2.14. The quantitative estimate of drug-likeness (QED) is 0.498. The van der Waals surface area contributed by atoms with Gasteiger partial charge in [0.2, 0.25) is 0 Å². The van der Waals surface area contributed by atoms with E-state index in [0.29, 0.717) is 5.82 Å². The van der Waals surface area contributed by atoms with Crippen molar-refractivity contribution < 1.29 is 0 Å². The maximum atomic E-state index is 4.65. The molecule has 25 heavy (non-hydrogen) atoms. The molecule has 5 rings (SSSR count). The minimum absolute atomic E-state index is 0.616. The standard InChI is InChI=1S/C18H13N7/c1-12-4-2-6-14(8-12)25-17-15(10-21-25)18-22-16(23-24(18)11-20-17)13-5-3-7-19-9-13/h2-11H,1H3. The van der Waals surface area contributed by atoms with Crippen LogP contribution >= 0.6 is 0 Å². The lowest BCUT2D eigenvalue weighted by molar-refractivity contribution is 0.881. The summed E-state index contributed by atoms with van der Waals surface area (Å²) in [5.74, 6) is 0.616. The first-order valence-corrected chi connectivity index (χ1v) is 7.86. The van der Waals surface area contributed by atoms with Crippen LogP contribution in [-0.4, -0.2) is 34.3 Å². The van der Waals surface area contributed by atoms with Crippen molar-refractivity contribution in [3.05, 3.63) is 66.9 Å². The molecule has 0 amide bonds. The number of rotatable bonds is 2. The second-order valence-corrected chi connectivity index (χ2v) is 5.82. The first-order chi connectivity index (χ1) is 12.3. The summed E-state index contributed by atoms with van der Waals surface area (Å²) in [6.45, 7) is 2.06. The number of hydrogen-bond donors (Lipinski definition) is 0. The Labute approximate surface area is 142 Å². The van der Waals surface area contributed by atoms with E-state index in [-0.39, 0.29) is 0 Å². The highest BCUT2D eigenvalue weighted by Crippen LogP contribution is 2.22. The minimum atomic E-state index is 0.616. The molecule has 0 saturated carbocycles. The van der Waals surface area contributed by atoms with Crippen molar-refractivity contribution in [1.29, 1.82) is 0 Å². The van der Waals surface area contributed by atoms with Gasteiger partial charge in [0, 0.05) is 18.0 Å². The van der Waals surface area contributed by atoms with Gasteiger partial charge in [-0.25, -0.2) is 19.2 Å². The van der Waals surface area contributed by atoms with E-state index in [2.05, 4.69) is 44.2 Å². The van der Waals surface area contributed by atoms with Crippen LogP contribution in [0, 0.1) is 6.92 Å². The Bertz CT molecular complexity index is 1200. The number of benzene rings is 1. The largest absolute Gasteiger partial charge is 0.264 e. The van der Waals surface area contributed by atoms with E-state index in [1.807, 2.05) is 28.9 Å². The molecule has 0 fully saturated rings. The zero-order chi connectivity index (χ0) is 16.8. The van der Waals surface area contributed by atoms with E-state index >= 15 is 0 Å². The summed E-state index contributed by atoms with van der Waals surface area (Å²) >= 11 is 0. The SMILES string of the molecule is Cc1cccc(-n2ncc3c2ncn2nc(-c4cccnc4)nc32)c1. The fourth-order valence-electron chi connectivity index (χ4n) is 2.89. The van der Waals surface area contributed by atoms with Gasteiger partial charge in [0.25, 0.3) is 0 Å². The van der Waals surface area contributed by atoms with Gasteiger partial charge < -0.3 is 0 Å². The predicted octanol–water partition coefficient (Wildman–Crippen LogP) is 2.83. The number of aryl methyl sites for hydroxylation is 1. The van der Waals surface area contributed by atoms with Crippen LogP contribution in [-0.2, 0) is 0 Å². The monoisotopic (exact) mass is 327 g/mol. The summed E-state index contributed by atoms with van der Waals surface area (Å²) in [6.07, 6.45) is 6.92. The molecule has 120 valence electrons. The molecule has 0 aliphatic carbocycles. The number of aromatic nitrogens is 7. The Morgan fingerprint density at radius 3 is 2.80 bits per heavy atom. The molecule has 0 atom stereocenters. The lowest BCUT2D eigenvalue weighted by Gasteiger charge is -2.03. The van der Waals surface area contributed by atoms with Crippen LogP contribution in [0.2, 0.25) is 0 Å². The highest BCUT2D eigenvalue weighted by atomic mass is 15.3. The second kappa shape index (κ2) is 5.20. The summed E-state index contributed by atoms with van der Waals surface area (Å²) in [5.41, 5.74) is 4.49. The van der Waals surface area contributed by atoms with Gasteiger partial charge in [0.05, 0.1) is 17.3 Å². The van der Waals surface area contributed by atoms with Crippen LogP contribution in [0.5, 0.6) is 0 Å². The van der Waals surface area contributed by atoms with Gasteiger partial charge in [-0.05, 0) is 36.8 Å². The average molecular weight is 327 g/mol. The molecule has 5 aromatic rings. The van der Waals surface area contributed by atoms with Crippen molar-refractivity contribution in [2.24, 2.45) is 0 Å². The third-order valence-corrected chi connectivity index (χ3v) is 4.07. The number of fused-ring (bicyclic) bond motifs is 3. The first kappa shape index (κ1) is 13.8. The molecule has 0 radical (unpaired) electrons. The molecule has 0 spiro atoms. The molecular weight excluding hydrogens is 314 g/mol. The molecule has 4 aromatic heterocycles. The van der Waals surface area contributed by atoms with Gasteiger partial charge in [-0.3, -0.25) is 4.98 Å². The minimum Gasteiger partial charge on any atom is -0.264 e. The van der Waals surface area contributed by atoms with Gasteiger partial charge in [-0.2, -0.15) is 5.10 Å². The van der Waals surface area contributed by atoms with Crippen molar-refractivity contribution in [1.82, 2.24) is 34.3 Å². The zero-order valence-corrected chi connectivity index (χ0v) is 13.4. The molecule has 0 N–H and O–H groups in total. The Kier molecular flexibility index (Phi) is 2.87. The molecular formula is C18H13N7. The predicted molar refractivity (Wildman–Crippen MR) is 93.4 cm³/mol. The molecule has 7 heteroatoms. The van der Waals surface area contributed by atoms with Crippen LogP contribution in [0.15, 0.2) is 61.3 Å². The van der Waals surface area contributed by atoms with E-state index in [0.717, 1.165) is 27.9 Å². The molecule has 0 bridgehead atoms. The zero-order valence-electron chi connectivity index (χ0n) is 13.4. The Morgan fingerprint density at radius 1 is 1.00 bits per heavy atom. The smallest absolute Gasteiger partial charge is 0.183 e. The van der Waals surface area contributed by atoms with E-state index in [4.69, 9.17) is 0 Å². The maximum Gasteiger partial charge on any atom is 0.183 e. The van der Waals surface area contributed by atoms with E-state index in [9.17, 15) is 0 Å². The fraction of sp³-hybridized carbons (Fsp3) is 0.0556. The normalized spacial score (nSPS) is 11.4. The van der Waals surface area contributed by atoms with E-state index in [1.165, 1.54) is 5.56 Å². The van der Waals surface area contributed by atoms with Crippen LogP contribution in [0.3, 0.4) is 0 Å². The molecule has 1 aromatic carbocycles. The number of pyridine rings is 1. The van der Waals surface area contributed by atoms with Crippen molar-refractivity contribution in [3.8, 4) is 17.1 Å². The Morgan fingerprint density at radius 2 is 1.96 bits per heavy atom. The van der Waals surface area contributed by atoms with Crippen molar-refractivity contribution in [2.75, 3.05) is 0 Å². The molecule has 4 heterocycles. The summed E-state index contributed by atoms with van der Waals surface area (Å²) in [6, 6.07) is 11.9. The summed E-state index contributed by atoms with van der Waals surface area (Å²) in [7, 11) is 0. The molecule has 0 aliphatic rings. The average Bonchev–Trinajstić information content (AvgIpc) is 3.26. The number of hydrogen-bond acceptors (Lipinski definition) is 5. The van der Waals surface area contributed by atoms with Gasteiger partial charge in [0.1, 0.15) is 6.33 Å². The third-order valence-electron chi connectivity index (χ3n) is 4.07. The van der Waals surface area contributed by atoms with Crippen molar-refractivity contribution in [2.45, 2.75) is 6.92 Å². The summed E-state index contributed by atoms with van der Waals surface area (Å²) in [5, 5.41) is 9.85. The molecule has 7 nitrogen and oxygen atoms in total. The summed E-state index contributed by atoms with van der Waals surface area (Å²) in [4.78, 5) is 13.3. The van der Waals surface area contributed by atoms with Crippen LogP contribution < -0.4 is 0 Å². The van der Waals surface area contributed by atoms with E-state index < -0.39 is 0 Å². The van der Waals surface area contributed by atoms with Gasteiger partial charge in [-0.1, -0.05) is 12.1 Å². The van der Waals surface area contributed by atoms with Gasteiger partial charge >= 0.3 is 0 Å². The second-order valence-electron chi connectivity index (χ2n) is 5.82. The van der Waals surface area contributed by atoms with Crippen LogP contribution in [0.25, 0.3) is 33.8 Å². The third kappa shape index (κ3) is 2.17. The van der Waals surface area contributed by atoms with Crippen LogP contribution in [0.1, 0.15) is 5.56 Å². The number of nitrogens with zero attached hydrogens (tertiary/aromatic N) is 7. The highest BCUT2D eigenvalue weighted by molar-refractivity contribution is 5.89. The van der Waals surface area contributed by atoms with Gasteiger partial charge in [-0.15, -0.1) is 5.10 Å². The fourth-order valence-corrected chi connectivity index (χ4v) is 2.89. The van der Waals surface area contributed by atoms with Gasteiger partial charge in [0.15, 0.2) is 17.1 Å². The van der Waals surface area contributed by atoms with Crippen LogP contribution in [0.4, 0.5) is 0 Å². The topological polar surface area (TPSA) is 73.8 Å². The van der Waals surface area contributed by atoms with Crippen molar-refractivity contribution >= 4 is 16.7 Å². The maximum absolute atomic E-state index is 4.65. The lowest BCUT2D eigenvalue weighted by Crippen LogP contribution is -1.99. The molecule has 0 saturated heterocycles. The van der Waals surface area contributed by atoms with E-state index in [1.54, 1.807) is 29.4 Å². The molecule has 0 aliphatic heterocycles. The lowest BCUT2D eigenvalue weighted by atomic mass is 10.2. The molecule has 0 unspecified atom stereocenters.